The maximum Gasteiger partial charge on any atom is 0.0723 e. The second kappa shape index (κ2) is 13.6. The second-order valence-corrected chi connectivity index (χ2v) is 18.2. The van der Waals surface area contributed by atoms with Crippen LogP contribution in [0.15, 0.2) is 183 Å². The Bertz CT molecular complexity index is 2740. The zero-order valence-electron chi connectivity index (χ0n) is 30.0. The number of hydrogen-bond donors (Lipinski definition) is 2. The summed E-state index contributed by atoms with van der Waals surface area (Å²) in [5.74, 6) is 0. The van der Waals surface area contributed by atoms with Crippen LogP contribution in [-0.4, -0.2) is 19.9 Å². The Kier molecular flexibility index (Phi) is 7.98. The van der Waals surface area contributed by atoms with Crippen molar-refractivity contribution in [3.8, 4) is 0 Å². The summed E-state index contributed by atoms with van der Waals surface area (Å²) >= 11 is 0. The van der Waals surface area contributed by atoms with E-state index in [1.807, 2.05) is 49.1 Å². The largest absolute Gasteiger partial charge is 0.354 e. The fourth-order valence-corrected chi connectivity index (χ4v) is 12.9. The lowest BCUT2D eigenvalue weighted by molar-refractivity contribution is 1.41. The molecule has 0 saturated carbocycles. The first kappa shape index (κ1) is 32.8. The minimum atomic E-state index is -1.16. The second-order valence-electron chi connectivity index (χ2n) is 13.9. The first-order valence-electron chi connectivity index (χ1n) is 18.5. The van der Waals surface area contributed by atoms with Gasteiger partial charge in [-0.05, 0) is 99.2 Å². The van der Waals surface area contributed by atoms with Crippen LogP contribution in [0.25, 0.3) is 43.6 Å². The molecule has 2 atom stereocenters. The van der Waals surface area contributed by atoms with Gasteiger partial charge in [0.25, 0.3) is 0 Å². The number of fused-ring (bicyclic) bond motifs is 8. The van der Waals surface area contributed by atoms with Gasteiger partial charge in [-0.3, -0.25) is 19.9 Å². The monoisotopic (exact) mass is 754 g/mol. The standard InChI is InChI=1S/C48H32N6P2/c1-3-15-35(16-4-1)55-45-25-33-13-9-19-49-37(33)27-43(45)54-44-28-38-34(14-10-20-50-38)26-46(44)56(36-17-5-2-6-18-36)48-30-40-32(12-8-22-52-40)24-42(48)53-41-23-31-11-7-21-51-39(31)29-47(41)55/h1-30,53-54H. The molecule has 8 heteroatoms. The van der Waals surface area contributed by atoms with Gasteiger partial charge in [-0.2, -0.15) is 0 Å². The lowest BCUT2D eigenvalue weighted by atomic mass is 10.1. The maximum absolute atomic E-state index is 4.89. The van der Waals surface area contributed by atoms with Gasteiger partial charge in [0.15, 0.2) is 0 Å². The van der Waals surface area contributed by atoms with Gasteiger partial charge in [-0.1, -0.05) is 84.9 Å². The highest BCUT2D eigenvalue weighted by atomic mass is 31.1. The van der Waals surface area contributed by atoms with Gasteiger partial charge in [0.1, 0.15) is 0 Å². The van der Waals surface area contributed by atoms with Gasteiger partial charge in [-0.15, -0.1) is 0 Å². The average Bonchev–Trinajstić information content (AvgIpc) is 3.25. The van der Waals surface area contributed by atoms with Crippen molar-refractivity contribution in [2.75, 3.05) is 10.6 Å². The lowest BCUT2D eigenvalue weighted by Gasteiger charge is -2.30. The zero-order valence-corrected chi connectivity index (χ0v) is 31.8. The molecule has 6 aromatic carbocycles. The summed E-state index contributed by atoms with van der Waals surface area (Å²) in [6, 6.07) is 56.8. The molecule has 2 unspecified atom stereocenters. The third-order valence-electron chi connectivity index (χ3n) is 10.4. The Hall–Kier alpha value is -6.58. The van der Waals surface area contributed by atoms with Crippen molar-refractivity contribution >= 4 is 114 Å². The summed E-state index contributed by atoms with van der Waals surface area (Å²) in [7, 11) is -2.31. The van der Waals surface area contributed by atoms with E-state index in [1.54, 1.807) is 0 Å². The van der Waals surface area contributed by atoms with Crippen LogP contribution in [0.4, 0.5) is 22.7 Å². The van der Waals surface area contributed by atoms with E-state index in [0.717, 1.165) is 66.4 Å². The predicted octanol–water partition coefficient (Wildman–Crippen LogP) is 9.20. The molecule has 0 aliphatic carbocycles. The van der Waals surface area contributed by atoms with Crippen LogP contribution in [-0.2, 0) is 0 Å². The Balaban J connectivity index is 1.31. The van der Waals surface area contributed by atoms with Crippen molar-refractivity contribution in [3.05, 3.63) is 183 Å². The quantitative estimate of drug-likeness (QED) is 0.172. The number of nitrogens with one attached hydrogen (secondary N) is 2. The number of hydrogen-bond acceptors (Lipinski definition) is 6. The Morgan fingerprint density at radius 1 is 0.304 bits per heavy atom. The van der Waals surface area contributed by atoms with Crippen LogP contribution in [0, 0.1) is 0 Å². The van der Waals surface area contributed by atoms with Crippen molar-refractivity contribution in [2.24, 2.45) is 0 Å². The molecule has 264 valence electrons. The van der Waals surface area contributed by atoms with E-state index < -0.39 is 15.8 Å². The van der Waals surface area contributed by atoms with Crippen molar-refractivity contribution in [3.63, 3.8) is 0 Å². The van der Waals surface area contributed by atoms with Crippen molar-refractivity contribution in [2.45, 2.75) is 0 Å². The van der Waals surface area contributed by atoms with Crippen LogP contribution < -0.4 is 42.5 Å². The van der Waals surface area contributed by atoms with Gasteiger partial charge in [0, 0.05) is 90.3 Å². The average molecular weight is 755 g/mol. The van der Waals surface area contributed by atoms with E-state index in [0.29, 0.717) is 0 Å². The maximum atomic E-state index is 4.89. The molecule has 10 aromatic rings. The van der Waals surface area contributed by atoms with E-state index in [1.165, 1.54) is 31.8 Å². The molecule has 0 fully saturated rings. The van der Waals surface area contributed by atoms with Crippen LogP contribution in [0.3, 0.4) is 0 Å². The van der Waals surface area contributed by atoms with Gasteiger partial charge in [-0.25, -0.2) is 0 Å². The number of pyridine rings is 4. The summed E-state index contributed by atoms with van der Waals surface area (Å²) < 4.78 is 0. The molecule has 1 aliphatic rings. The molecule has 0 bridgehead atoms. The first-order chi connectivity index (χ1) is 27.7. The summed E-state index contributed by atoms with van der Waals surface area (Å²) in [5.41, 5.74) is 7.90. The van der Waals surface area contributed by atoms with E-state index in [2.05, 4.69) is 144 Å². The predicted molar refractivity (Wildman–Crippen MR) is 238 cm³/mol. The van der Waals surface area contributed by atoms with Crippen molar-refractivity contribution < 1.29 is 0 Å². The Labute approximate surface area is 325 Å². The number of anilines is 4. The van der Waals surface area contributed by atoms with Crippen LogP contribution in [0.5, 0.6) is 0 Å². The zero-order chi connectivity index (χ0) is 37.0. The highest BCUT2D eigenvalue weighted by molar-refractivity contribution is 7.81. The SMILES string of the molecule is c1ccc(P2c3cc4cccnc4cc3Nc3cc4ncccc4cc3P(c3ccccc3)c3cc4ncccc4cc3Nc3cc4cccnc4cc32)cc1. The molecule has 2 N–H and O–H groups in total. The van der Waals surface area contributed by atoms with Gasteiger partial charge >= 0.3 is 0 Å². The molecular formula is C48H32N6P2. The molecule has 0 saturated heterocycles. The Morgan fingerprint density at radius 2 is 0.625 bits per heavy atom. The van der Waals surface area contributed by atoms with Gasteiger partial charge < -0.3 is 10.6 Å². The Morgan fingerprint density at radius 3 is 1.02 bits per heavy atom. The molecule has 11 rings (SSSR count). The van der Waals surface area contributed by atoms with E-state index in [9.17, 15) is 0 Å². The van der Waals surface area contributed by atoms with Crippen molar-refractivity contribution in [1.29, 1.82) is 0 Å². The topological polar surface area (TPSA) is 75.6 Å². The molecule has 0 radical (unpaired) electrons. The number of benzene rings is 6. The third-order valence-corrected chi connectivity index (χ3v) is 15.4. The minimum absolute atomic E-state index is 0.932. The summed E-state index contributed by atoms with van der Waals surface area (Å²) in [5, 5.41) is 19.8. The van der Waals surface area contributed by atoms with Gasteiger partial charge in [0.05, 0.1) is 22.1 Å². The summed E-state index contributed by atoms with van der Waals surface area (Å²) in [6.07, 6.45) is 7.51. The minimum Gasteiger partial charge on any atom is -0.354 e. The summed E-state index contributed by atoms with van der Waals surface area (Å²) in [4.78, 5) is 19.5. The van der Waals surface area contributed by atoms with Crippen molar-refractivity contribution in [1.82, 2.24) is 19.9 Å². The molecule has 4 aromatic heterocycles. The van der Waals surface area contributed by atoms with Gasteiger partial charge in [0.2, 0.25) is 0 Å². The van der Waals surface area contributed by atoms with Crippen LogP contribution in [0.1, 0.15) is 0 Å². The molecule has 6 nitrogen and oxygen atoms in total. The smallest absolute Gasteiger partial charge is 0.0723 e. The van der Waals surface area contributed by atoms with E-state index in [4.69, 9.17) is 19.9 Å². The van der Waals surface area contributed by atoms with Crippen LogP contribution in [0.2, 0.25) is 0 Å². The number of aromatic nitrogens is 4. The highest BCUT2D eigenvalue weighted by Gasteiger charge is 2.29. The van der Waals surface area contributed by atoms with E-state index in [-0.39, 0.29) is 0 Å². The lowest BCUT2D eigenvalue weighted by Crippen LogP contribution is -2.29. The molecule has 0 spiro atoms. The normalized spacial score (nSPS) is 15.1. The molecule has 1 aliphatic heterocycles. The molecular weight excluding hydrogens is 723 g/mol. The fourth-order valence-electron chi connectivity index (χ4n) is 7.84. The van der Waals surface area contributed by atoms with Crippen LogP contribution >= 0.6 is 15.8 Å². The third kappa shape index (κ3) is 5.74. The number of rotatable bonds is 2. The molecule has 0 amide bonds. The first-order valence-corrected chi connectivity index (χ1v) is 21.2. The highest BCUT2D eigenvalue weighted by Crippen LogP contribution is 2.46. The summed E-state index contributed by atoms with van der Waals surface area (Å²) in [6.45, 7) is 0. The molecule has 56 heavy (non-hydrogen) atoms. The van der Waals surface area contributed by atoms with E-state index >= 15 is 0 Å². The number of nitrogens with zero attached hydrogens (tertiary/aromatic N) is 4. The molecule has 5 heterocycles. The fraction of sp³-hybridized carbons (Fsp3) is 0.